The summed E-state index contributed by atoms with van der Waals surface area (Å²) in [4.78, 5) is 28.8. The number of aromatic nitrogens is 2. The number of benzene rings is 2. The van der Waals surface area contributed by atoms with Gasteiger partial charge in [-0.05, 0) is 19.1 Å². The highest BCUT2D eigenvalue weighted by Crippen LogP contribution is 2.27. The zero-order valence-electron chi connectivity index (χ0n) is 16.7. The normalized spacial score (nSPS) is 18.3. The van der Waals surface area contributed by atoms with Crippen LogP contribution in [0, 0.1) is 6.92 Å². The Morgan fingerprint density at radius 2 is 1.83 bits per heavy atom. The number of rotatable bonds is 3. The molecule has 3 heterocycles. The molecule has 30 heavy (non-hydrogen) atoms. The van der Waals surface area contributed by atoms with E-state index < -0.39 is 0 Å². The van der Waals surface area contributed by atoms with Crippen molar-refractivity contribution in [1.29, 1.82) is 0 Å². The second kappa shape index (κ2) is 7.33. The second-order valence-electron chi connectivity index (χ2n) is 7.71. The first-order valence-electron chi connectivity index (χ1n) is 10.0. The molecule has 7 nitrogen and oxygen atoms in total. The number of cyclic esters (lactones) is 1. The molecule has 3 aromatic rings. The van der Waals surface area contributed by atoms with Crippen molar-refractivity contribution in [2.24, 2.45) is 0 Å². The summed E-state index contributed by atoms with van der Waals surface area (Å²) in [6, 6.07) is 17.7. The van der Waals surface area contributed by atoms with Gasteiger partial charge in [-0.2, -0.15) is 5.10 Å². The molecule has 2 amide bonds. The van der Waals surface area contributed by atoms with Crippen LogP contribution in [0.25, 0.3) is 16.9 Å². The van der Waals surface area contributed by atoms with Gasteiger partial charge in [0.05, 0.1) is 17.3 Å². The van der Waals surface area contributed by atoms with Crippen LogP contribution in [0.1, 0.15) is 15.9 Å². The Morgan fingerprint density at radius 1 is 1.07 bits per heavy atom. The van der Waals surface area contributed by atoms with Gasteiger partial charge in [0.25, 0.3) is 5.91 Å². The minimum absolute atomic E-state index is 0.0771. The second-order valence-corrected chi connectivity index (χ2v) is 7.71. The van der Waals surface area contributed by atoms with Crippen LogP contribution >= 0.6 is 0 Å². The lowest BCUT2D eigenvalue weighted by Gasteiger charge is -2.35. The standard InChI is InChI=1S/C23H22N4O3/c1-16-7-9-17(10-8-16)21-20(14-27(24-21)18-5-3-2-4-6-18)22(28)25-11-12-26-19(13-25)15-30-23(26)29/h2-10,14,19H,11-13,15H2,1H3/t19-/m0/s1. The lowest BCUT2D eigenvalue weighted by molar-refractivity contribution is 0.0617. The number of carbonyl (C=O) groups excluding carboxylic acids is 2. The first kappa shape index (κ1) is 18.4. The van der Waals surface area contributed by atoms with Crippen LogP contribution in [0.4, 0.5) is 4.79 Å². The Hall–Kier alpha value is -3.61. The van der Waals surface area contributed by atoms with Crippen molar-refractivity contribution in [3.05, 3.63) is 71.9 Å². The van der Waals surface area contributed by atoms with E-state index in [2.05, 4.69) is 0 Å². The molecule has 7 heteroatoms. The fourth-order valence-corrected chi connectivity index (χ4v) is 4.01. The van der Waals surface area contributed by atoms with Crippen LogP contribution in [0.2, 0.25) is 0 Å². The van der Waals surface area contributed by atoms with Crippen LogP contribution in [-0.4, -0.2) is 63.9 Å². The van der Waals surface area contributed by atoms with Crippen molar-refractivity contribution in [1.82, 2.24) is 19.6 Å². The highest BCUT2D eigenvalue weighted by molar-refractivity contribution is 6.00. The Bertz CT molecular complexity index is 1090. The molecule has 0 saturated carbocycles. The van der Waals surface area contributed by atoms with Gasteiger partial charge in [0, 0.05) is 31.4 Å². The summed E-state index contributed by atoms with van der Waals surface area (Å²) in [6.07, 6.45) is 1.51. The summed E-state index contributed by atoms with van der Waals surface area (Å²) in [5.41, 5.74) is 4.16. The summed E-state index contributed by atoms with van der Waals surface area (Å²) in [5.74, 6) is -0.0771. The van der Waals surface area contributed by atoms with Crippen molar-refractivity contribution < 1.29 is 14.3 Å². The maximum absolute atomic E-state index is 13.5. The first-order chi connectivity index (χ1) is 14.6. The van der Waals surface area contributed by atoms with E-state index in [0.717, 1.165) is 16.8 Å². The fourth-order valence-electron chi connectivity index (χ4n) is 4.01. The van der Waals surface area contributed by atoms with E-state index in [9.17, 15) is 9.59 Å². The molecule has 0 spiro atoms. The Kier molecular flexibility index (Phi) is 4.50. The summed E-state index contributed by atoms with van der Waals surface area (Å²) >= 11 is 0. The molecule has 0 radical (unpaired) electrons. The third-order valence-corrected chi connectivity index (χ3v) is 5.69. The monoisotopic (exact) mass is 402 g/mol. The summed E-state index contributed by atoms with van der Waals surface area (Å²) in [6.45, 7) is 3.80. The molecule has 0 bridgehead atoms. The zero-order chi connectivity index (χ0) is 20.7. The van der Waals surface area contributed by atoms with Gasteiger partial charge in [-0.15, -0.1) is 0 Å². The van der Waals surface area contributed by atoms with E-state index in [1.165, 1.54) is 0 Å². The van der Waals surface area contributed by atoms with E-state index >= 15 is 0 Å². The maximum atomic E-state index is 13.5. The maximum Gasteiger partial charge on any atom is 0.410 e. The van der Waals surface area contributed by atoms with Crippen LogP contribution < -0.4 is 0 Å². The van der Waals surface area contributed by atoms with Gasteiger partial charge >= 0.3 is 6.09 Å². The van der Waals surface area contributed by atoms with Crippen LogP contribution in [0.3, 0.4) is 0 Å². The molecule has 2 aliphatic heterocycles. The van der Waals surface area contributed by atoms with E-state index in [-0.39, 0.29) is 18.0 Å². The largest absolute Gasteiger partial charge is 0.447 e. The number of hydrogen-bond acceptors (Lipinski definition) is 4. The fraction of sp³-hybridized carbons (Fsp3) is 0.261. The van der Waals surface area contributed by atoms with E-state index in [4.69, 9.17) is 9.84 Å². The minimum atomic E-state index is -0.288. The van der Waals surface area contributed by atoms with Gasteiger partial charge in [0.2, 0.25) is 0 Å². The van der Waals surface area contributed by atoms with Crippen molar-refractivity contribution in [3.8, 4) is 16.9 Å². The number of fused-ring (bicyclic) bond motifs is 1. The molecular weight excluding hydrogens is 380 g/mol. The zero-order valence-corrected chi connectivity index (χ0v) is 16.7. The molecule has 0 unspecified atom stereocenters. The van der Waals surface area contributed by atoms with Crippen molar-refractivity contribution in [2.45, 2.75) is 13.0 Å². The van der Waals surface area contributed by atoms with Gasteiger partial charge in [-0.3, -0.25) is 9.69 Å². The van der Waals surface area contributed by atoms with Crippen molar-refractivity contribution in [3.63, 3.8) is 0 Å². The molecule has 1 atom stereocenters. The highest BCUT2D eigenvalue weighted by atomic mass is 16.6. The number of aryl methyl sites for hydroxylation is 1. The van der Waals surface area contributed by atoms with Crippen molar-refractivity contribution in [2.75, 3.05) is 26.2 Å². The predicted octanol–water partition coefficient (Wildman–Crippen LogP) is 3.12. The molecule has 5 rings (SSSR count). The third-order valence-electron chi connectivity index (χ3n) is 5.69. The van der Waals surface area contributed by atoms with Crippen LogP contribution in [0.5, 0.6) is 0 Å². The van der Waals surface area contributed by atoms with Crippen LogP contribution in [-0.2, 0) is 4.74 Å². The molecule has 2 aliphatic rings. The van der Waals surface area contributed by atoms with Gasteiger partial charge < -0.3 is 9.64 Å². The lowest BCUT2D eigenvalue weighted by atomic mass is 10.0. The first-order valence-corrected chi connectivity index (χ1v) is 10.0. The summed E-state index contributed by atoms with van der Waals surface area (Å²) < 4.78 is 6.88. The molecule has 2 aromatic carbocycles. The number of ether oxygens (including phenoxy) is 1. The van der Waals surface area contributed by atoms with E-state index in [1.807, 2.05) is 61.5 Å². The molecular formula is C23H22N4O3. The Labute approximate surface area is 174 Å². The predicted molar refractivity (Wildman–Crippen MR) is 111 cm³/mol. The van der Waals surface area contributed by atoms with Gasteiger partial charge in [0.15, 0.2) is 0 Å². The topological polar surface area (TPSA) is 67.7 Å². The molecule has 2 saturated heterocycles. The molecule has 0 aliphatic carbocycles. The van der Waals surface area contributed by atoms with Gasteiger partial charge in [-0.25, -0.2) is 9.48 Å². The van der Waals surface area contributed by atoms with Crippen molar-refractivity contribution >= 4 is 12.0 Å². The minimum Gasteiger partial charge on any atom is -0.447 e. The lowest BCUT2D eigenvalue weighted by Crippen LogP contribution is -2.53. The summed E-state index contributed by atoms with van der Waals surface area (Å²) in [7, 11) is 0. The number of amides is 2. The average Bonchev–Trinajstić information content (AvgIpc) is 3.38. The number of hydrogen-bond donors (Lipinski definition) is 0. The highest BCUT2D eigenvalue weighted by Gasteiger charge is 2.39. The SMILES string of the molecule is Cc1ccc(-c2nn(-c3ccccc3)cc2C(=O)N2CCN3C(=O)OC[C@@H]3C2)cc1. The van der Waals surface area contributed by atoms with E-state index in [1.54, 1.807) is 20.7 Å². The van der Waals surface area contributed by atoms with Crippen LogP contribution in [0.15, 0.2) is 60.8 Å². The van der Waals surface area contributed by atoms with Gasteiger partial charge in [0.1, 0.15) is 12.3 Å². The Morgan fingerprint density at radius 3 is 2.60 bits per heavy atom. The average molecular weight is 402 g/mol. The van der Waals surface area contributed by atoms with E-state index in [0.29, 0.717) is 37.5 Å². The number of nitrogens with zero attached hydrogens (tertiary/aromatic N) is 4. The quantitative estimate of drug-likeness (QED) is 0.675. The smallest absolute Gasteiger partial charge is 0.410 e. The number of para-hydroxylation sites is 1. The third kappa shape index (κ3) is 3.22. The molecule has 152 valence electrons. The van der Waals surface area contributed by atoms with Gasteiger partial charge in [-0.1, -0.05) is 48.0 Å². The number of carbonyl (C=O) groups is 2. The molecule has 0 N–H and O–H groups in total. The summed E-state index contributed by atoms with van der Waals surface area (Å²) in [5, 5.41) is 4.75. The molecule has 1 aromatic heterocycles. The number of piperazine rings is 1. The molecule has 2 fully saturated rings. The Balaban J connectivity index is 1.51.